The van der Waals surface area contributed by atoms with Gasteiger partial charge in [0.1, 0.15) is 0 Å². The van der Waals surface area contributed by atoms with E-state index in [9.17, 15) is 0 Å². The van der Waals surface area contributed by atoms with E-state index in [0.717, 1.165) is 0 Å². The second-order valence-corrected chi connectivity index (χ2v) is 4.15. The maximum absolute atomic E-state index is 5.59. The standard InChI is InChI=1S/C9H18N2S/c1-7(9(10)12)11(2)8-5-3-4-6-8/h7-8H,3-6H2,1-2H3,(H2,10,12). The fourth-order valence-corrected chi connectivity index (χ4v) is 1.99. The van der Waals surface area contributed by atoms with Gasteiger partial charge in [-0.1, -0.05) is 25.1 Å². The molecule has 0 saturated heterocycles. The van der Waals surface area contributed by atoms with Crippen LogP contribution in [0.5, 0.6) is 0 Å². The van der Waals surface area contributed by atoms with E-state index in [4.69, 9.17) is 18.0 Å². The van der Waals surface area contributed by atoms with Gasteiger partial charge < -0.3 is 5.73 Å². The molecule has 0 aliphatic heterocycles. The van der Waals surface area contributed by atoms with Gasteiger partial charge in [0.2, 0.25) is 0 Å². The molecule has 0 aromatic heterocycles. The topological polar surface area (TPSA) is 29.3 Å². The van der Waals surface area contributed by atoms with Crippen LogP contribution in [0.15, 0.2) is 0 Å². The Morgan fingerprint density at radius 2 is 2.00 bits per heavy atom. The average molecular weight is 186 g/mol. The lowest BCUT2D eigenvalue weighted by molar-refractivity contribution is 0.227. The highest BCUT2D eigenvalue weighted by atomic mass is 32.1. The second-order valence-electron chi connectivity index (χ2n) is 3.68. The van der Waals surface area contributed by atoms with E-state index < -0.39 is 0 Å². The first-order valence-electron chi connectivity index (χ1n) is 4.64. The molecule has 2 N–H and O–H groups in total. The summed E-state index contributed by atoms with van der Waals surface area (Å²) in [6, 6.07) is 0.963. The van der Waals surface area contributed by atoms with Crippen molar-refractivity contribution in [2.75, 3.05) is 7.05 Å². The van der Waals surface area contributed by atoms with Crippen LogP contribution in [0.1, 0.15) is 32.6 Å². The van der Waals surface area contributed by atoms with Crippen molar-refractivity contribution in [1.29, 1.82) is 0 Å². The van der Waals surface area contributed by atoms with Crippen molar-refractivity contribution in [1.82, 2.24) is 4.90 Å². The van der Waals surface area contributed by atoms with Gasteiger partial charge in [-0.2, -0.15) is 0 Å². The third-order valence-corrected chi connectivity index (χ3v) is 3.26. The van der Waals surface area contributed by atoms with E-state index >= 15 is 0 Å². The number of thiocarbonyl (C=S) groups is 1. The van der Waals surface area contributed by atoms with Crippen molar-refractivity contribution >= 4 is 17.2 Å². The van der Waals surface area contributed by atoms with Crippen LogP contribution in [0.3, 0.4) is 0 Å². The maximum atomic E-state index is 5.59. The van der Waals surface area contributed by atoms with E-state index in [0.29, 0.717) is 11.0 Å². The molecule has 0 amide bonds. The Kier molecular flexibility index (Phi) is 3.47. The molecular formula is C9H18N2S. The summed E-state index contributed by atoms with van der Waals surface area (Å²) in [5.74, 6) is 0. The summed E-state index contributed by atoms with van der Waals surface area (Å²) in [6.07, 6.45) is 5.34. The molecule has 0 radical (unpaired) electrons. The van der Waals surface area contributed by atoms with Gasteiger partial charge in [0.05, 0.1) is 11.0 Å². The van der Waals surface area contributed by atoms with Crippen LogP contribution in [0, 0.1) is 0 Å². The smallest absolute Gasteiger partial charge is 0.0899 e. The summed E-state index contributed by atoms with van der Waals surface area (Å²) in [6.45, 7) is 2.08. The molecule has 0 aromatic carbocycles. The molecule has 0 bridgehead atoms. The molecule has 0 aromatic rings. The number of nitrogens with zero attached hydrogens (tertiary/aromatic N) is 1. The Morgan fingerprint density at radius 3 is 2.42 bits per heavy atom. The van der Waals surface area contributed by atoms with E-state index in [1.807, 2.05) is 0 Å². The molecular weight excluding hydrogens is 168 g/mol. The highest BCUT2D eigenvalue weighted by Gasteiger charge is 2.23. The Bertz CT molecular complexity index is 164. The fraction of sp³-hybridized carbons (Fsp3) is 0.889. The van der Waals surface area contributed by atoms with Gasteiger partial charge in [0.15, 0.2) is 0 Å². The highest BCUT2D eigenvalue weighted by Crippen LogP contribution is 2.23. The largest absolute Gasteiger partial charge is 0.392 e. The molecule has 1 aliphatic rings. The molecule has 1 aliphatic carbocycles. The van der Waals surface area contributed by atoms with Crippen LogP contribution < -0.4 is 5.73 Å². The summed E-state index contributed by atoms with van der Waals surface area (Å²) in [4.78, 5) is 2.93. The maximum Gasteiger partial charge on any atom is 0.0899 e. The molecule has 12 heavy (non-hydrogen) atoms. The molecule has 0 spiro atoms. The summed E-state index contributed by atoms with van der Waals surface area (Å²) in [5.41, 5.74) is 5.59. The van der Waals surface area contributed by atoms with Crippen LogP contribution >= 0.6 is 12.2 Å². The minimum atomic E-state index is 0.253. The summed E-state index contributed by atoms with van der Waals surface area (Å²) >= 11 is 4.97. The van der Waals surface area contributed by atoms with Crippen LogP contribution in [0.4, 0.5) is 0 Å². The van der Waals surface area contributed by atoms with Crippen LogP contribution in [-0.2, 0) is 0 Å². The van der Waals surface area contributed by atoms with Crippen molar-refractivity contribution in [3.8, 4) is 0 Å². The SMILES string of the molecule is CC(C(N)=S)N(C)C1CCCC1. The first-order chi connectivity index (χ1) is 5.63. The second kappa shape index (κ2) is 4.19. The summed E-state index contributed by atoms with van der Waals surface area (Å²) in [7, 11) is 2.12. The minimum Gasteiger partial charge on any atom is -0.392 e. The van der Waals surface area contributed by atoms with E-state index in [1.54, 1.807) is 0 Å². The summed E-state index contributed by atoms with van der Waals surface area (Å²) in [5, 5.41) is 0. The monoisotopic (exact) mass is 186 g/mol. The molecule has 1 fully saturated rings. The van der Waals surface area contributed by atoms with Gasteiger partial charge in [-0.05, 0) is 26.8 Å². The Balaban J connectivity index is 2.44. The van der Waals surface area contributed by atoms with E-state index in [-0.39, 0.29) is 6.04 Å². The van der Waals surface area contributed by atoms with Crippen LogP contribution in [0.2, 0.25) is 0 Å². The number of rotatable bonds is 3. The van der Waals surface area contributed by atoms with Gasteiger partial charge in [-0.25, -0.2) is 0 Å². The molecule has 1 atom stereocenters. The third kappa shape index (κ3) is 2.17. The Morgan fingerprint density at radius 1 is 1.50 bits per heavy atom. The van der Waals surface area contributed by atoms with Crippen molar-refractivity contribution in [3.63, 3.8) is 0 Å². The highest BCUT2D eigenvalue weighted by molar-refractivity contribution is 7.80. The van der Waals surface area contributed by atoms with Crippen molar-refractivity contribution in [2.45, 2.75) is 44.7 Å². The first-order valence-corrected chi connectivity index (χ1v) is 5.05. The molecule has 1 unspecified atom stereocenters. The fourth-order valence-electron chi connectivity index (χ4n) is 1.83. The Hall–Kier alpha value is -0.150. The third-order valence-electron chi connectivity index (χ3n) is 2.92. The van der Waals surface area contributed by atoms with Crippen LogP contribution in [0.25, 0.3) is 0 Å². The van der Waals surface area contributed by atoms with Gasteiger partial charge in [-0.15, -0.1) is 0 Å². The summed E-state index contributed by atoms with van der Waals surface area (Å²) < 4.78 is 0. The zero-order valence-electron chi connectivity index (χ0n) is 7.92. The number of hydrogen-bond donors (Lipinski definition) is 1. The average Bonchev–Trinajstić information content (AvgIpc) is 2.53. The number of hydrogen-bond acceptors (Lipinski definition) is 2. The predicted octanol–water partition coefficient (Wildman–Crippen LogP) is 1.54. The van der Waals surface area contributed by atoms with Gasteiger partial charge in [0, 0.05) is 6.04 Å². The van der Waals surface area contributed by atoms with Gasteiger partial charge in [-0.3, -0.25) is 4.90 Å². The van der Waals surface area contributed by atoms with Crippen molar-refractivity contribution in [2.24, 2.45) is 5.73 Å². The molecule has 2 nitrogen and oxygen atoms in total. The normalized spacial score (nSPS) is 21.6. The number of nitrogens with two attached hydrogens (primary N) is 1. The zero-order valence-corrected chi connectivity index (χ0v) is 8.73. The quantitative estimate of drug-likeness (QED) is 0.678. The molecule has 1 saturated carbocycles. The van der Waals surface area contributed by atoms with Crippen molar-refractivity contribution < 1.29 is 0 Å². The molecule has 1 rings (SSSR count). The predicted molar refractivity (Wildman–Crippen MR) is 56.3 cm³/mol. The van der Waals surface area contributed by atoms with Gasteiger partial charge in [0.25, 0.3) is 0 Å². The lowest BCUT2D eigenvalue weighted by Gasteiger charge is -2.29. The van der Waals surface area contributed by atoms with E-state index in [1.165, 1.54) is 25.7 Å². The lowest BCUT2D eigenvalue weighted by Crippen LogP contribution is -2.44. The van der Waals surface area contributed by atoms with Crippen LogP contribution in [-0.4, -0.2) is 29.0 Å². The minimum absolute atomic E-state index is 0.253. The number of likely N-dealkylation sites (N-methyl/N-ethyl adjacent to an activating group) is 1. The Labute approximate surface area is 80.1 Å². The van der Waals surface area contributed by atoms with Gasteiger partial charge >= 0.3 is 0 Å². The first kappa shape index (κ1) is 9.93. The molecule has 3 heteroatoms. The molecule has 0 heterocycles. The lowest BCUT2D eigenvalue weighted by atomic mass is 10.2. The molecule has 70 valence electrons. The van der Waals surface area contributed by atoms with E-state index in [2.05, 4.69) is 18.9 Å². The zero-order chi connectivity index (χ0) is 9.14. The van der Waals surface area contributed by atoms with Crippen molar-refractivity contribution in [3.05, 3.63) is 0 Å².